The van der Waals surface area contributed by atoms with E-state index in [1.807, 2.05) is 12.1 Å². The number of hydrazine groups is 1. The van der Waals surface area contributed by atoms with Crippen LogP contribution in [0.15, 0.2) is 48.5 Å². The molecule has 0 saturated carbocycles. The highest BCUT2D eigenvalue weighted by Gasteiger charge is 2.33. The van der Waals surface area contributed by atoms with Gasteiger partial charge < -0.3 is 16.4 Å². The quantitative estimate of drug-likeness (QED) is 0.576. The number of rotatable bonds is 4. The molecule has 2 aromatic rings. The fraction of sp³-hybridized carbons (Fsp3) is 0.176. The van der Waals surface area contributed by atoms with Gasteiger partial charge in [0, 0.05) is 22.9 Å². The van der Waals surface area contributed by atoms with E-state index in [1.54, 1.807) is 36.4 Å². The first-order valence-corrected chi connectivity index (χ1v) is 8.12. The second-order valence-corrected chi connectivity index (χ2v) is 6.15. The number of amides is 3. The van der Waals surface area contributed by atoms with E-state index in [2.05, 4.69) is 21.5 Å². The summed E-state index contributed by atoms with van der Waals surface area (Å²) in [6.45, 7) is 0.514. The van der Waals surface area contributed by atoms with Crippen LogP contribution in [-0.2, 0) is 4.79 Å². The molecule has 0 radical (unpaired) electrons. The van der Waals surface area contributed by atoms with E-state index in [4.69, 9.17) is 17.3 Å². The predicted octanol–water partition coefficient (Wildman–Crippen LogP) is 2.23. The van der Waals surface area contributed by atoms with E-state index in [-0.39, 0.29) is 17.9 Å². The Bertz CT molecular complexity index is 764. The van der Waals surface area contributed by atoms with Gasteiger partial charge in [0.05, 0.1) is 12.0 Å². The molecule has 8 heteroatoms. The van der Waals surface area contributed by atoms with Gasteiger partial charge in [-0.2, -0.15) is 0 Å². The number of primary amides is 1. The third-order valence-corrected chi connectivity index (χ3v) is 4.22. The van der Waals surface area contributed by atoms with Gasteiger partial charge in [0.15, 0.2) is 0 Å². The van der Waals surface area contributed by atoms with Crippen molar-refractivity contribution in [2.24, 2.45) is 11.7 Å². The molecule has 0 bridgehead atoms. The Hall–Kier alpha value is -2.61. The number of benzene rings is 2. The van der Waals surface area contributed by atoms with E-state index in [0.717, 1.165) is 5.56 Å². The van der Waals surface area contributed by atoms with Gasteiger partial charge in [-0.15, -0.1) is 0 Å². The third-order valence-electron chi connectivity index (χ3n) is 3.97. The topological polar surface area (TPSA) is 108 Å². The molecular formula is C17H18ClN5O2. The van der Waals surface area contributed by atoms with Crippen molar-refractivity contribution in [3.8, 4) is 0 Å². The van der Waals surface area contributed by atoms with Crippen molar-refractivity contribution in [3.63, 3.8) is 0 Å². The highest BCUT2D eigenvalue weighted by molar-refractivity contribution is 6.30. The summed E-state index contributed by atoms with van der Waals surface area (Å²) in [4.78, 5) is 23.4. The van der Waals surface area contributed by atoms with Crippen LogP contribution in [0.3, 0.4) is 0 Å². The van der Waals surface area contributed by atoms with E-state index in [0.29, 0.717) is 22.9 Å². The molecule has 7 nitrogen and oxygen atoms in total. The van der Waals surface area contributed by atoms with Crippen LogP contribution in [0.25, 0.3) is 0 Å². The molecule has 2 aromatic carbocycles. The molecule has 1 saturated heterocycles. The summed E-state index contributed by atoms with van der Waals surface area (Å²) in [5.74, 6) is -0.377. The molecule has 1 fully saturated rings. The molecule has 2 unspecified atom stereocenters. The maximum absolute atomic E-state index is 12.6. The molecule has 0 aliphatic carbocycles. The minimum atomic E-state index is -0.634. The molecule has 1 aliphatic heterocycles. The lowest BCUT2D eigenvalue weighted by Crippen LogP contribution is -2.29. The largest absolute Gasteiger partial charge is 0.351 e. The second-order valence-electron chi connectivity index (χ2n) is 5.72. The van der Waals surface area contributed by atoms with Crippen LogP contribution in [0.4, 0.5) is 16.2 Å². The summed E-state index contributed by atoms with van der Waals surface area (Å²) < 4.78 is 0. The van der Waals surface area contributed by atoms with Gasteiger partial charge in [-0.3, -0.25) is 10.2 Å². The van der Waals surface area contributed by atoms with Crippen LogP contribution in [0.1, 0.15) is 11.6 Å². The Morgan fingerprint density at radius 1 is 1.00 bits per heavy atom. The first-order valence-electron chi connectivity index (χ1n) is 7.74. The van der Waals surface area contributed by atoms with Gasteiger partial charge in [0.25, 0.3) is 0 Å². The van der Waals surface area contributed by atoms with Gasteiger partial charge in [-0.25, -0.2) is 10.2 Å². The number of urea groups is 1. The minimum Gasteiger partial charge on any atom is -0.351 e. The van der Waals surface area contributed by atoms with E-state index in [9.17, 15) is 9.59 Å². The molecule has 1 aliphatic rings. The zero-order valence-electron chi connectivity index (χ0n) is 13.3. The monoisotopic (exact) mass is 359 g/mol. The van der Waals surface area contributed by atoms with Crippen LogP contribution >= 0.6 is 11.6 Å². The van der Waals surface area contributed by atoms with Crippen LogP contribution in [0.5, 0.6) is 0 Å². The predicted molar refractivity (Wildman–Crippen MR) is 97.1 cm³/mol. The van der Waals surface area contributed by atoms with Crippen molar-refractivity contribution in [2.75, 3.05) is 17.2 Å². The summed E-state index contributed by atoms with van der Waals surface area (Å²) in [7, 11) is 0. The molecule has 0 aromatic heterocycles. The van der Waals surface area contributed by atoms with Crippen LogP contribution in [0, 0.1) is 5.92 Å². The maximum Gasteiger partial charge on any atom is 0.316 e. The van der Waals surface area contributed by atoms with Crippen molar-refractivity contribution in [3.05, 3.63) is 59.1 Å². The first-order chi connectivity index (χ1) is 12.0. The average molecular weight is 360 g/mol. The van der Waals surface area contributed by atoms with Crippen molar-refractivity contribution in [1.82, 2.24) is 10.9 Å². The lowest BCUT2D eigenvalue weighted by molar-refractivity contribution is -0.119. The van der Waals surface area contributed by atoms with Crippen LogP contribution in [-0.4, -0.2) is 18.5 Å². The van der Waals surface area contributed by atoms with Gasteiger partial charge in [-0.1, -0.05) is 23.7 Å². The summed E-state index contributed by atoms with van der Waals surface area (Å²) in [6.07, 6.45) is 0. The van der Waals surface area contributed by atoms with E-state index < -0.39 is 6.03 Å². The third kappa shape index (κ3) is 4.27. The molecule has 0 spiro atoms. The molecule has 25 heavy (non-hydrogen) atoms. The summed E-state index contributed by atoms with van der Waals surface area (Å²) in [5.41, 5.74) is 13.4. The molecule has 130 valence electrons. The number of nitrogens with two attached hydrogens (primary N) is 1. The molecule has 6 N–H and O–H groups in total. The number of nitrogens with one attached hydrogen (secondary N) is 4. The highest BCUT2D eigenvalue weighted by Crippen LogP contribution is 2.27. The Kier molecular flexibility index (Phi) is 5.18. The number of carbonyl (C=O) groups is 2. The summed E-state index contributed by atoms with van der Waals surface area (Å²) in [5, 5.41) is 6.01. The van der Waals surface area contributed by atoms with Crippen molar-refractivity contribution >= 4 is 34.9 Å². The minimum absolute atomic E-state index is 0.104. The molecule has 1 heterocycles. The summed E-state index contributed by atoms with van der Waals surface area (Å²) >= 11 is 5.92. The Morgan fingerprint density at radius 2 is 1.60 bits per heavy atom. The molecule has 2 atom stereocenters. The van der Waals surface area contributed by atoms with Crippen LogP contribution in [0.2, 0.25) is 5.02 Å². The Labute approximate surface area is 149 Å². The lowest BCUT2D eigenvalue weighted by atomic mass is 9.94. The van der Waals surface area contributed by atoms with Crippen molar-refractivity contribution < 1.29 is 9.59 Å². The summed E-state index contributed by atoms with van der Waals surface area (Å²) in [6, 6.07) is 13.4. The van der Waals surface area contributed by atoms with Gasteiger partial charge in [0.2, 0.25) is 5.91 Å². The van der Waals surface area contributed by atoms with Crippen LogP contribution < -0.4 is 27.2 Å². The van der Waals surface area contributed by atoms with Crippen molar-refractivity contribution in [2.45, 2.75) is 6.04 Å². The fourth-order valence-corrected chi connectivity index (χ4v) is 2.87. The number of hydrogen-bond donors (Lipinski definition) is 5. The maximum atomic E-state index is 12.6. The normalized spacial score (nSPS) is 19.4. The SMILES string of the molecule is NC(=O)Nc1ccc(NC(=O)C2CNNC2c2ccc(Cl)cc2)cc1. The molecule has 3 rings (SSSR count). The van der Waals surface area contributed by atoms with Gasteiger partial charge in [-0.05, 0) is 42.0 Å². The van der Waals surface area contributed by atoms with Gasteiger partial charge in [0.1, 0.15) is 0 Å². The van der Waals surface area contributed by atoms with E-state index in [1.165, 1.54) is 0 Å². The lowest BCUT2D eigenvalue weighted by Gasteiger charge is -2.18. The fourth-order valence-electron chi connectivity index (χ4n) is 2.74. The number of carbonyl (C=O) groups excluding carboxylic acids is 2. The van der Waals surface area contributed by atoms with Crippen molar-refractivity contribution in [1.29, 1.82) is 0 Å². The number of halogens is 1. The van der Waals surface area contributed by atoms with Gasteiger partial charge >= 0.3 is 6.03 Å². The zero-order valence-corrected chi connectivity index (χ0v) is 14.0. The Balaban J connectivity index is 1.67. The molecular weight excluding hydrogens is 342 g/mol. The zero-order chi connectivity index (χ0) is 17.8. The first kappa shape index (κ1) is 17.2. The number of anilines is 2. The second kappa shape index (κ2) is 7.52. The smallest absolute Gasteiger partial charge is 0.316 e. The van der Waals surface area contributed by atoms with E-state index >= 15 is 0 Å². The Morgan fingerprint density at radius 3 is 2.20 bits per heavy atom. The average Bonchev–Trinajstić information content (AvgIpc) is 3.06. The number of hydrogen-bond acceptors (Lipinski definition) is 4. The standard InChI is InChI=1S/C17H18ClN5O2/c18-11-3-1-10(2-4-11)15-14(9-20-23-15)16(24)21-12-5-7-13(8-6-12)22-17(19)25/h1-8,14-15,20,23H,9H2,(H,21,24)(H3,19,22,25). The highest BCUT2D eigenvalue weighted by atomic mass is 35.5. The molecule has 3 amide bonds.